The second-order valence-electron chi connectivity index (χ2n) is 3.94. The number of benzene rings is 1. The second-order valence-corrected chi connectivity index (χ2v) is 3.94. The fourth-order valence-corrected chi connectivity index (χ4v) is 1.64. The standard InChI is InChI=1S/C13H14N4O3/c1-2-20-10-5-3-9(4-6-10)15-12-8-7-11(17(18)19)13(14)16-12/h3-8H,2H2,1H3,(H3,14,15,16). The van der Waals surface area contributed by atoms with Gasteiger partial charge in [0.15, 0.2) is 0 Å². The van der Waals surface area contributed by atoms with Crippen LogP contribution in [0.2, 0.25) is 0 Å². The molecule has 0 unspecified atom stereocenters. The number of aromatic nitrogens is 1. The van der Waals surface area contributed by atoms with Gasteiger partial charge in [-0.05, 0) is 37.3 Å². The van der Waals surface area contributed by atoms with Crippen LogP contribution in [0, 0.1) is 10.1 Å². The molecule has 1 heterocycles. The molecule has 0 radical (unpaired) electrons. The number of rotatable bonds is 5. The third-order valence-electron chi connectivity index (χ3n) is 2.54. The molecule has 0 amide bonds. The molecule has 1 aromatic carbocycles. The van der Waals surface area contributed by atoms with Crippen LogP contribution in [0.25, 0.3) is 0 Å². The van der Waals surface area contributed by atoms with Crippen molar-refractivity contribution in [1.82, 2.24) is 4.98 Å². The van der Waals surface area contributed by atoms with Crippen molar-refractivity contribution < 1.29 is 9.66 Å². The van der Waals surface area contributed by atoms with Crippen LogP contribution in [0.1, 0.15) is 6.92 Å². The molecule has 7 nitrogen and oxygen atoms in total. The summed E-state index contributed by atoms with van der Waals surface area (Å²) < 4.78 is 5.33. The number of nitrogens with zero attached hydrogens (tertiary/aromatic N) is 2. The first kappa shape index (κ1) is 13.6. The van der Waals surface area contributed by atoms with Crippen molar-refractivity contribution in [2.45, 2.75) is 6.92 Å². The van der Waals surface area contributed by atoms with E-state index in [0.717, 1.165) is 11.4 Å². The maximum atomic E-state index is 10.6. The lowest BCUT2D eigenvalue weighted by atomic mass is 10.3. The largest absolute Gasteiger partial charge is 0.494 e. The van der Waals surface area contributed by atoms with Gasteiger partial charge in [0.05, 0.1) is 11.5 Å². The average Bonchev–Trinajstić information content (AvgIpc) is 2.41. The monoisotopic (exact) mass is 274 g/mol. The van der Waals surface area contributed by atoms with Gasteiger partial charge in [0.25, 0.3) is 0 Å². The normalized spacial score (nSPS) is 10.1. The van der Waals surface area contributed by atoms with Crippen molar-refractivity contribution >= 4 is 23.0 Å². The van der Waals surface area contributed by atoms with E-state index in [2.05, 4.69) is 10.3 Å². The van der Waals surface area contributed by atoms with Crippen molar-refractivity contribution in [3.63, 3.8) is 0 Å². The predicted molar refractivity (Wildman–Crippen MR) is 76.2 cm³/mol. The quantitative estimate of drug-likeness (QED) is 0.641. The van der Waals surface area contributed by atoms with Gasteiger partial charge in [0, 0.05) is 11.8 Å². The van der Waals surface area contributed by atoms with Crippen molar-refractivity contribution in [2.24, 2.45) is 0 Å². The first-order valence-electron chi connectivity index (χ1n) is 6.01. The van der Waals surface area contributed by atoms with Gasteiger partial charge in [0.1, 0.15) is 11.6 Å². The molecule has 0 bridgehead atoms. The van der Waals surface area contributed by atoms with E-state index in [1.807, 2.05) is 31.2 Å². The molecule has 20 heavy (non-hydrogen) atoms. The SMILES string of the molecule is CCOc1ccc(Nc2ccc([N+](=O)[O-])c(N)n2)cc1. The van der Waals surface area contributed by atoms with Gasteiger partial charge in [-0.15, -0.1) is 0 Å². The number of nitrogens with two attached hydrogens (primary N) is 1. The molecular weight excluding hydrogens is 260 g/mol. The number of nitrogen functional groups attached to an aromatic ring is 1. The number of hydrogen-bond donors (Lipinski definition) is 2. The summed E-state index contributed by atoms with van der Waals surface area (Å²) >= 11 is 0. The molecule has 0 atom stereocenters. The molecule has 3 N–H and O–H groups in total. The van der Waals surface area contributed by atoms with Crippen LogP contribution in [-0.2, 0) is 0 Å². The Labute approximate surface area is 115 Å². The summed E-state index contributed by atoms with van der Waals surface area (Å²) in [5.41, 5.74) is 6.11. The molecule has 0 fully saturated rings. The molecule has 104 valence electrons. The Morgan fingerprint density at radius 2 is 2.00 bits per heavy atom. The van der Waals surface area contributed by atoms with Gasteiger partial charge in [0.2, 0.25) is 5.82 Å². The lowest BCUT2D eigenvalue weighted by Gasteiger charge is -2.08. The maximum Gasteiger partial charge on any atom is 0.311 e. The van der Waals surface area contributed by atoms with Gasteiger partial charge in [-0.25, -0.2) is 4.98 Å². The van der Waals surface area contributed by atoms with E-state index in [9.17, 15) is 10.1 Å². The van der Waals surface area contributed by atoms with Crippen LogP contribution >= 0.6 is 0 Å². The van der Waals surface area contributed by atoms with E-state index in [1.54, 1.807) is 0 Å². The average molecular weight is 274 g/mol. The van der Waals surface area contributed by atoms with Crippen LogP contribution < -0.4 is 15.8 Å². The number of anilines is 3. The van der Waals surface area contributed by atoms with Crippen molar-refractivity contribution in [3.05, 3.63) is 46.5 Å². The molecule has 0 aliphatic rings. The summed E-state index contributed by atoms with van der Waals surface area (Å²) in [4.78, 5) is 14.0. The molecule has 0 aliphatic heterocycles. The molecule has 0 aliphatic carbocycles. The van der Waals surface area contributed by atoms with E-state index in [0.29, 0.717) is 12.4 Å². The third-order valence-corrected chi connectivity index (χ3v) is 2.54. The highest BCUT2D eigenvalue weighted by Crippen LogP contribution is 2.24. The van der Waals surface area contributed by atoms with E-state index in [1.165, 1.54) is 12.1 Å². The van der Waals surface area contributed by atoms with Crippen molar-refractivity contribution in [1.29, 1.82) is 0 Å². The minimum absolute atomic E-state index is 0.120. The number of nitro groups is 1. The van der Waals surface area contributed by atoms with Crippen LogP contribution in [0.4, 0.5) is 23.0 Å². The predicted octanol–water partition coefficient (Wildman–Crippen LogP) is 2.71. The zero-order valence-corrected chi connectivity index (χ0v) is 10.9. The summed E-state index contributed by atoms with van der Waals surface area (Å²) in [7, 11) is 0. The first-order valence-corrected chi connectivity index (χ1v) is 6.01. The highest BCUT2D eigenvalue weighted by atomic mass is 16.6. The number of ether oxygens (including phenoxy) is 1. The minimum atomic E-state index is -0.566. The first-order chi connectivity index (χ1) is 9.60. The summed E-state index contributed by atoms with van der Waals surface area (Å²) in [6.45, 7) is 2.52. The van der Waals surface area contributed by atoms with Gasteiger partial charge < -0.3 is 15.8 Å². The lowest BCUT2D eigenvalue weighted by Crippen LogP contribution is -2.01. The second kappa shape index (κ2) is 5.87. The van der Waals surface area contributed by atoms with Crippen molar-refractivity contribution in [3.8, 4) is 5.75 Å². The van der Waals surface area contributed by atoms with Gasteiger partial charge in [-0.1, -0.05) is 0 Å². The molecule has 0 saturated heterocycles. The van der Waals surface area contributed by atoms with Crippen molar-refractivity contribution in [2.75, 3.05) is 17.7 Å². The smallest absolute Gasteiger partial charge is 0.311 e. The molecular formula is C13H14N4O3. The number of hydrogen-bond acceptors (Lipinski definition) is 6. The summed E-state index contributed by atoms with van der Waals surface area (Å²) in [6, 6.07) is 10.1. The zero-order chi connectivity index (χ0) is 14.5. The molecule has 0 saturated carbocycles. The van der Waals surface area contributed by atoms with Gasteiger partial charge in [-0.3, -0.25) is 10.1 Å². The molecule has 2 aromatic rings. The number of pyridine rings is 1. The third kappa shape index (κ3) is 3.14. The number of nitrogens with one attached hydrogen (secondary N) is 1. The topological polar surface area (TPSA) is 103 Å². The Kier molecular flexibility index (Phi) is 3.99. The van der Waals surface area contributed by atoms with Crippen LogP contribution in [0.15, 0.2) is 36.4 Å². The Morgan fingerprint density at radius 1 is 1.30 bits per heavy atom. The lowest BCUT2D eigenvalue weighted by molar-refractivity contribution is -0.384. The summed E-state index contributed by atoms with van der Waals surface area (Å²) in [6.07, 6.45) is 0. The molecule has 7 heteroatoms. The summed E-state index contributed by atoms with van der Waals surface area (Å²) in [5, 5.41) is 13.7. The zero-order valence-electron chi connectivity index (χ0n) is 10.9. The van der Waals surface area contributed by atoms with E-state index >= 15 is 0 Å². The van der Waals surface area contributed by atoms with E-state index < -0.39 is 4.92 Å². The maximum absolute atomic E-state index is 10.6. The highest BCUT2D eigenvalue weighted by Gasteiger charge is 2.12. The van der Waals surface area contributed by atoms with Crippen LogP contribution in [-0.4, -0.2) is 16.5 Å². The molecule has 1 aromatic heterocycles. The van der Waals surface area contributed by atoms with E-state index in [-0.39, 0.29) is 11.5 Å². The Balaban J connectivity index is 2.13. The minimum Gasteiger partial charge on any atom is -0.494 e. The highest BCUT2D eigenvalue weighted by molar-refractivity contribution is 5.62. The van der Waals surface area contributed by atoms with Crippen LogP contribution in [0.3, 0.4) is 0 Å². The van der Waals surface area contributed by atoms with Gasteiger partial charge >= 0.3 is 5.69 Å². The Morgan fingerprint density at radius 3 is 2.55 bits per heavy atom. The molecule has 0 spiro atoms. The summed E-state index contributed by atoms with van der Waals surface area (Å²) in [5.74, 6) is 1.09. The Bertz CT molecular complexity index is 614. The fraction of sp³-hybridized carbons (Fsp3) is 0.154. The van der Waals surface area contributed by atoms with Crippen LogP contribution in [0.5, 0.6) is 5.75 Å². The molecule has 2 rings (SSSR count). The van der Waals surface area contributed by atoms with E-state index in [4.69, 9.17) is 10.5 Å². The Hall–Kier alpha value is -2.83. The van der Waals surface area contributed by atoms with Gasteiger partial charge in [-0.2, -0.15) is 0 Å². The fourth-order valence-electron chi connectivity index (χ4n) is 1.64.